The summed E-state index contributed by atoms with van der Waals surface area (Å²) in [5, 5.41) is 9.60. The van der Waals surface area contributed by atoms with E-state index in [-0.39, 0.29) is 5.92 Å². The summed E-state index contributed by atoms with van der Waals surface area (Å²) in [6.45, 7) is 1.99. The Morgan fingerprint density at radius 3 is 2.86 bits per heavy atom. The highest BCUT2D eigenvalue weighted by Crippen LogP contribution is 2.35. The molecule has 1 unspecified atom stereocenters. The smallest absolute Gasteiger partial charge is 0.129 e. The molecule has 0 aliphatic carbocycles. The zero-order chi connectivity index (χ0) is 10.6. The molecule has 0 heterocycles. The van der Waals surface area contributed by atoms with E-state index in [1.165, 1.54) is 11.8 Å². The molecule has 1 aromatic carbocycles. The van der Waals surface area contributed by atoms with Crippen LogP contribution in [0.25, 0.3) is 0 Å². The fraction of sp³-hybridized carbons (Fsp3) is 0.364. The highest BCUT2D eigenvalue weighted by atomic mass is 32.2. The number of aldehydes is 1. The number of hydrogen-bond acceptors (Lipinski definition) is 3. The molecule has 0 radical (unpaired) electrons. The normalized spacial score (nSPS) is 12.4. The van der Waals surface area contributed by atoms with Crippen molar-refractivity contribution in [2.24, 2.45) is 0 Å². The minimum Gasteiger partial charge on any atom is -0.507 e. The monoisotopic (exact) mass is 210 g/mol. The molecule has 1 rings (SSSR count). The average molecular weight is 210 g/mol. The van der Waals surface area contributed by atoms with Crippen LogP contribution in [-0.2, 0) is 4.79 Å². The molecule has 0 aromatic heterocycles. The van der Waals surface area contributed by atoms with Crippen molar-refractivity contribution in [3.63, 3.8) is 0 Å². The van der Waals surface area contributed by atoms with E-state index in [1.54, 1.807) is 6.07 Å². The van der Waals surface area contributed by atoms with Crippen LogP contribution >= 0.6 is 11.8 Å². The Bertz CT molecular complexity index is 323. The van der Waals surface area contributed by atoms with E-state index < -0.39 is 0 Å². The maximum atomic E-state index is 10.4. The summed E-state index contributed by atoms with van der Waals surface area (Å²) < 4.78 is 0. The lowest BCUT2D eigenvalue weighted by Gasteiger charge is -2.13. The third-order valence-corrected chi connectivity index (χ3v) is 3.06. The molecule has 1 atom stereocenters. The van der Waals surface area contributed by atoms with Gasteiger partial charge in [-0.2, -0.15) is 0 Å². The number of rotatable bonds is 4. The van der Waals surface area contributed by atoms with Gasteiger partial charge in [-0.1, -0.05) is 19.1 Å². The number of hydrogen-bond donors (Lipinski definition) is 1. The number of carbonyl (C=O) groups excluding carboxylic acids is 1. The maximum absolute atomic E-state index is 10.4. The predicted molar refractivity (Wildman–Crippen MR) is 59.0 cm³/mol. The van der Waals surface area contributed by atoms with Gasteiger partial charge in [0.25, 0.3) is 0 Å². The molecule has 0 amide bonds. The first-order valence-corrected chi connectivity index (χ1v) is 5.72. The quantitative estimate of drug-likeness (QED) is 0.613. The van der Waals surface area contributed by atoms with Crippen molar-refractivity contribution in [1.82, 2.24) is 0 Å². The summed E-state index contributed by atoms with van der Waals surface area (Å²) in [6.07, 6.45) is 3.34. The van der Waals surface area contributed by atoms with Gasteiger partial charge in [0.1, 0.15) is 12.0 Å². The second-order valence-electron chi connectivity index (χ2n) is 3.20. The van der Waals surface area contributed by atoms with Crippen molar-refractivity contribution < 1.29 is 9.90 Å². The molecule has 14 heavy (non-hydrogen) atoms. The van der Waals surface area contributed by atoms with Gasteiger partial charge in [-0.25, -0.2) is 0 Å². The molecule has 0 fully saturated rings. The van der Waals surface area contributed by atoms with Crippen LogP contribution in [0.4, 0.5) is 0 Å². The Labute approximate surface area is 88.3 Å². The molecule has 1 aromatic rings. The molecule has 0 spiro atoms. The first-order valence-electron chi connectivity index (χ1n) is 4.50. The summed E-state index contributed by atoms with van der Waals surface area (Å²) in [6, 6.07) is 5.44. The molecule has 0 bridgehead atoms. The van der Waals surface area contributed by atoms with Crippen molar-refractivity contribution in [2.75, 3.05) is 6.26 Å². The summed E-state index contributed by atoms with van der Waals surface area (Å²) in [5.41, 5.74) is 1.05. The van der Waals surface area contributed by atoms with Crippen molar-refractivity contribution >= 4 is 18.0 Å². The molecular formula is C11H14O2S. The van der Waals surface area contributed by atoms with Crippen LogP contribution in [0.15, 0.2) is 23.1 Å². The molecule has 1 N–H and O–H groups in total. The molecule has 2 nitrogen and oxygen atoms in total. The van der Waals surface area contributed by atoms with Gasteiger partial charge in [-0.3, -0.25) is 0 Å². The van der Waals surface area contributed by atoms with Crippen LogP contribution < -0.4 is 0 Å². The molecule has 0 aliphatic heterocycles. The van der Waals surface area contributed by atoms with E-state index in [1.807, 2.05) is 25.3 Å². The molecule has 3 heteroatoms. The highest BCUT2D eigenvalue weighted by Gasteiger charge is 2.12. The van der Waals surface area contributed by atoms with E-state index in [9.17, 15) is 9.90 Å². The number of aromatic hydroxyl groups is 1. The number of thioether (sulfide) groups is 1. The van der Waals surface area contributed by atoms with Gasteiger partial charge in [-0.05, 0) is 23.8 Å². The summed E-state index contributed by atoms with van der Waals surface area (Å²) in [5.74, 6) is 0.467. The van der Waals surface area contributed by atoms with E-state index >= 15 is 0 Å². The Hall–Kier alpha value is -0.960. The molecule has 0 saturated heterocycles. The maximum Gasteiger partial charge on any atom is 0.129 e. The first kappa shape index (κ1) is 11.1. The number of carbonyl (C=O) groups is 1. The number of benzene rings is 1. The Morgan fingerprint density at radius 1 is 1.57 bits per heavy atom. The SMILES string of the molecule is CSc1c(O)cccc1C(C)CC=O. The lowest BCUT2D eigenvalue weighted by Crippen LogP contribution is -1.96. The lowest BCUT2D eigenvalue weighted by molar-refractivity contribution is -0.108. The predicted octanol–water partition coefficient (Wildman–Crippen LogP) is 2.81. The van der Waals surface area contributed by atoms with Gasteiger partial charge in [0.2, 0.25) is 0 Å². The minimum absolute atomic E-state index is 0.169. The standard InChI is InChI=1S/C11H14O2S/c1-8(6-7-12)9-4-3-5-10(13)11(9)14-2/h3-5,7-8,13H,6H2,1-2H3. The van der Waals surface area contributed by atoms with Crippen LogP contribution in [0.1, 0.15) is 24.8 Å². The van der Waals surface area contributed by atoms with Gasteiger partial charge >= 0.3 is 0 Å². The minimum atomic E-state index is 0.169. The second-order valence-corrected chi connectivity index (χ2v) is 4.02. The van der Waals surface area contributed by atoms with Crippen LogP contribution in [0.5, 0.6) is 5.75 Å². The van der Waals surface area contributed by atoms with Crippen molar-refractivity contribution in [1.29, 1.82) is 0 Å². The van der Waals surface area contributed by atoms with Crippen LogP contribution in [0.2, 0.25) is 0 Å². The zero-order valence-electron chi connectivity index (χ0n) is 8.36. The van der Waals surface area contributed by atoms with Crippen LogP contribution in [0.3, 0.4) is 0 Å². The van der Waals surface area contributed by atoms with Crippen LogP contribution in [0, 0.1) is 0 Å². The van der Waals surface area contributed by atoms with Crippen molar-refractivity contribution in [3.05, 3.63) is 23.8 Å². The van der Waals surface area contributed by atoms with Gasteiger partial charge in [-0.15, -0.1) is 11.8 Å². The number of phenolic OH excluding ortho intramolecular Hbond substituents is 1. The van der Waals surface area contributed by atoms with E-state index in [2.05, 4.69) is 0 Å². The van der Waals surface area contributed by atoms with Crippen molar-refractivity contribution in [2.45, 2.75) is 24.2 Å². The Morgan fingerprint density at radius 2 is 2.29 bits per heavy atom. The lowest BCUT2D eigenvalue weighted by atomic mass is 9.98. The van der Waals surface area contributed by atoms with Gasteiger partial charge < -0.3 is 9.90 Å². The highest BCUT2D eigenvalue weighted by molar-refractivity contribution is 7.98. The second kappa shape index (κ2) is 5.05. The van der Waals surface area contributed by atoms with Gasteiger partial charge in [0.15, 0.2) is 0 Å². The Kier molecular flexibility index (Phi) is 4.01. The number of phenols is 1. The fourth-order valence-electron chi connectivity index (χ4n) is 1.42. The third kappa shape index (κ3) is 2.29. The van der Waals surface area contributed by atoms with Crippen molar-refractivity contribution in [3.8, 4) is 5.75 Å². The Balaban J connectivity index is 3.06. The zero-order valence-corrected chi connectivity index (χ0v) is 9.17. The van der Waals surface area contributed by atoms with Gasteiger partial charge in [0, 0.05) is 6.42 Å². The van der Waals surface area contributed by atoms with E-state index in [0.717, 1.165) is 16.7 Å². The van der Waals surface area contributed by atoms with Crippen LogP contribution in [-0.4, -0.2) is 17.6 Å². The average Bonchev–Trinajstić information content (AvgIpc) is 2.17. The third-order valence-electron chi connectivity index (χ3n) is 2.21. The molecule has 0 saturated carbocycles. The van der Waals surface area contributed by atoms with E-state index in [4.69, 9.17) is 0 Å². The summed E-state index contributed by atoms with van der Waals surface area (Å²) in [4.78, 5) is 11.3. The summed E-state index contributed by atoms with van der Waals surface area (Å²) >= 11 is 1.51. The van der Waals surface area contributed by atoms with E-state index in [0.29, 0.717) is 12.2 Å². The molecular weight excluding hydrogens is 196 g/mol. The topological polar surface area (TPSA) is 37.3 Å². The fourth-order valence-corrected chi connectivity index (χ4v) is 2.21. The molecule has 0 aliphatic rings. The largest absolute Gasteiger partial charge is 0.507 e. The van der Waals surface area contributed by atoms with Gasteiger partial charge in [0.05, 0.1) is 4.90 Å². The first-order chi connectivity index (χ1) is 6.70. The molecule has 76 valence electrons. The summed E-state index contributed by atoms with van der Waals surface area (Å²) in [7, 11) is 0.